The minimum Gasteiger partial charge on any atom is -0.463 e. The first-order chi connectivity index (χ1) is 24.6. The van der Waals surface area contributed by atoms with Crippen molar-refractivity contribution in [1.29, 1.82) is 0 Å². The summed E-state index contributed by atoms with van der Waals surface area (Å²) in [6, 6.07) is 1.75. The van der Waals surface area contributed by atoms with Gasteiger partial charge in [0.1, 0.15) is 23.9 Å². The summed E-state index contributed by atoms with van der Waals surface area (Å²) in [5, 5.41) is 0. The number of rotatable bonds is 14. The predicted octanol–water partition coefficient (Wildman–Crippen LogP) is 11.3. The first kappa shape index (κ1) is 47.8. The van der Waals surface area contributed by atoms with Crippen LogP contribution in [0.25, 0.3) is 0 Å². The molecule has 2 heterocycles. The second kappa shape index (κ2) is 18.7. The molecule has 1 aliphatic heterocycles. The van der Waals surface area contributed by atoms with E-state index >= 15 is 0 Å². The van der Waals surface area contributed by atoms with E-state index in [1.165, 1.54) is 13.1 Å². The molecule has 0 bridgehead atoms. The number of hydrogen-bond donors (Lipinski definition) is 0. The molecular weight excluding hydrogens is 721 g/mol. The van der Waals surface area contributed by atoms with E-state index in [2.05, 4.69) is 88.1 Å². The Morgan fingerprint density at radius 1 is 0.759 bits per heavy atom. The van der Waals surface area contributed by atoms with Gasteiger partial charge < -0.3 is 27.8 Å². The molecule has 54 heavy (non-hydrogen) atoms. The number of esters is 1. The van der Waals surface area contributed by atoms with Gasteiger partial charge in [-0.2, -0.15) is 4.90 Å². The standard InChI is InChI=1S/C41H74N2O9Si2/c1-25(2)53(26(3)4,27(5)6)51-35-22-34(48-36(24-47-31(13)44)37(35)52-54(28(7)8,29(9)10)30(11)12)32-20-21-42-23-33(32)43(38(45)49-40(14,15)16)39(46)50-41(17,18)19/h20-21,23,25-30,34-37H,22,24H2,1-19H3/t34-,35-,36-,37+/m1/s1. The zero-order chi connectivity index (χ0) is 41.7. The highest BCUT2D eigenvalue weighted by Gasteiger charge is 2.55. The molecule has 0 radical (unpaired) electrons. The van der Waals surface area contributed by atoms with Crippen LogP contribution in [0.5, 0.6) is 0 Å². The van der Waals surface area contributed by atoms with Crippen LogP contribution in [0.1, 0.15) is 150 Å². The van der Waals surface area contributed by atoms with Crippen molar-refractivity contribution in [2.24, 2.45) is 0 Å². The number of hydrogen-bond acceptors (Lipinski definition) is 10. The minimum absolute atomic E-state index is 0.0586. The smallest absolute Gasteiger partial charge is 0.424 e. The zero-order valence-corrected chi connectivity index (χ0v) is 39.0. The van der Waals surface area contributed by atoms with Gasteiger partial charge in [-0.25, -0.2) is 9.59 Å². The SMILES string of the molecule is CC(=O)OC[C@H]1O[C@@H](c2ccncc2N(C(=O)OC(C)(C)C)C(=O)OC(C)(C)C)C[C@@H](O[Si](C(C)C)(C(C)C)C(C)C)[C@@H]1O[Si](C(C)C)(C(C)C)C(C)C. The van der Waals surface area contributed by atoms with Crippen molar-refractivity contribution >= 4 is 40.5 Å². The first-order valence-electron chi connectivity index (χ1n) is 20.0. The van der Waals surface area contributed by atoms with E-state index < -0.39 is 70.4 Å². The largest absolute Gasteiger partial charge is 0.463 e. The van der Waals surface area contributed by atoms with Crippen molar-refractivity contribution in [3.8, 4) is 0 Å². The minimum atomic E-state index is -2.54. The zero-order valence-electron chi connectivity index (χ0n) is 37.0. The molecule has 310 valence electrons. The van der Waals surface area contributed by atoms with Gasteiger partial charge in [0, 0.05) is 25.1 Å². The van der Waals surface area contributed by atoms with Crippen molar-refractivity contribution in [1.82, 2.24) is 4.98 Å². The lowest BCUT2D eigenvalue weighted by Gasteiger charge is -2.53. The molecule has 0 N–H and O–H groups in total. The van der Waals surface area contributed by atoms with Crippen LogP contribution in [-0.4, -0.2) is 75.9 Å². The van der Waals surface area contributed by atoms with Crippen LogP contribution in [0.2, 0.25) is 33.2 Å². The van der Waals surface area contributed by atoms with E-state index in [9.17, 15) is 14.4 Å². The van der Waals surface area contributed by atoms with E-state index in [4.69, 9.17) is 27.8 Å². The Morgan fingerprint density at radius 3 is 1.57 bits per heavy atom. The number of imide groups is 1. The number of pyridine rings is 1. The lowest BCUT2D eigenvalue weighted by atomic mass is 9.93. The van der Waals surface area contributed by atoms with Crippen molar-refractivity contribution in [3.63, 3.8) is 0 Å². The monoisotopic (exact) mass is 794 g/mol. The predicted molar refractivity (Wildman–Crippen MR) is 220 cm³/mol. The van der Waals surface area contributed by atoms with Gasteiger partial charge in [0.05, 0.1) is 30.2 Å². The molecule has 11 nitrogen and oxygen atoms in total. The summed E-state index contributed by atoms with van der Waals surface area (Å²) in [5.41, 5.74) is 0.537. The van der Waals surface area contributed by atoms with Gasteiger partial charge in [-0.15, -0.1) is 0 Å². The van der Waals surface area contributed by atoms with Crippen LogP contribution in [0.3, 0.4) is 0 Å². The van der Waals surface area contributed by atoms with E-state index in [0.29, 0.717) is 12.0 Å². The van der Waals surface area contributed by atoms with Gasteiger partial charge in [0.15, 0.2) is 0 Å². The van der Waals surface area contributed by atoms with E-state index in [0.717, 1.165) is 4.90 Å². The fourth-order valence-electron chi connectivity index (χ4n) is 8.79. The molecular formula is C41H74N2O9Si2. The van der Waals surface area contributed by atoms with Gasteiger partial charge in [-0.3, -0.25) is 9.78 Å². The Kier molecular flexibility index (Phi) is 16.6. The molecule has 13 heteroatoms. The normalized spacial score (nSPS) is 20.3. The molecule has 1 aliphatic rings. The summed E-state index contributed by atoms with van der Waals surface area (Å²) in [4.78, 5) is 45.4. The fourth-order valence-corrected chi connectivity index (χ4v) is 19.9. The molecule has 0 spiro atoms. The summed E-state index contributed by atoms with van der Waals surface area (Å²) in [5.74, 6) is -0.432. The summed E-state index contributed by atoms with van der Waals surface area (Å²) in [6.07, 6.45) is -0.856. The Labute approximate surface area is 329 Å². The molecule has 0 unspecified atom stereocenters. The third-order valence-electron chi connectivity index (χ3n) is 10.7. The quantitative estimate of drug-likeness (QED) is 0.102. The lowest BCUT2D eigenvalue weighted by molar-refractivity contribution is -0.184. The maximum absolute atomic E-state index is 13.9. The Bertz CT molecular complexity index is 1330. The molecule has 0 aromatic carbocycles. The summed E-state index contributed by atoms with van der Waals surface area (Å²) in [6.45, 7) is 38.7. The second-order valence-electron chi connectivity index (χ2n) is 18.8. The number of aromatic nitrogens is 1. The lowest BCUT2D eigenvalue weighted by Crippen LogP contribution is -2.62. The third kappa shape index (κ3) is 11.4. The maximum atomic E-state index is 13.9. The summed E-state index contributed by atoms with van der Waals surface area (Å²) < 4.78 is 39.5. The summed E-state index contributed by atoms with van der Waals surface area (Å²) >= 11 is 0. The highest BCUT2D eigenvalue weighted by atomic mass is 28.4. The van der Waals surface area contributed by atoms with Crippen LogP contribution in [0.4, 0.5) is 15.3 Å². The van der Waals surface area contributed by atoms with Gasteiger partial charge in [-0.1, -0.05) is 83.1 Å². The molecule has 0 saturated carbocycles. The van der Waals surface area contributed by atoms with Crippen LogP contribution in [-0.2, 0) is 32.6 Å². The molecule has 0 aliphatic carbocycles. The second-order valence-corrected chi connectivity index (χ2v) is 29.6. The van der Waals surface area contributed by atoms with Gasteiger partial charge in [0.2, 0.25) is 16.6 Å². The number of carbonyl (C=O) groups is 3. The fraction of sp³-hybridized carbons (Fsp3) is 0.805. The van der Waals surface area contributed by atoms with Crippen molar-refractivity contribution in [2.75, 3.05) is 11.5 Å². The van der Waals surface area contributed by atoms with Crippen LogP contribution >= 0.6 is 0 Å². The number of amides is 2. The van der Waals surface area contributed by atoms with E-state index in [-0.39, 0.29) is 45.5 Å². The van der Waals surface area contributed by atoms with Crippen LogP contribution in [0, 0.1) is 0 Å². The van der Waals surface area contributed by atoms with Crippen LogP contribution in [0.15, 0.2) is 18.5 Å². The van der Waals surface area contributed by atoms with Crippen LogP contribution < -0.4 is 4.90 Å². The highest BCUT2D eigenvalue weighted by molar-refractivity contribution is 6.78. The maximum Gasteiger partial charge on any atom is 0.424 e. The third-order valence-corrected chi connectivity index (χ3v) is 22.9. The Morgan fingerprint density at radius 2 is 1.19 bits per heavy atom. The van der Waals surface area contributed by atoms with Gasteiger partial charge >= 0.3 is 18.2 Å². The van der Waals surface area contributed by atoms with Crippen molar-refractivity contribution in [3.05, 3.63) is 24.0 Å². The van der Waals surface area contributed by atoms with E-state index in [1.54, 1.807) is 53.8 Å². The molecule has 1 saturated heterocycles. The molecule has 2 amide bonds. The van der Waals surface area contributed by atoms with Crippen molar-refractivity contribution in [2.45, 2.75) is 207 Å². The Hall–Kier alpha value is -2.33. The first-order valence-corrected chi connectivity index (χ1v) is 24.2. The summed E-state index contributed by atoms with van der Waals surface area (Å²) in [7, 11) is -5.09. The molecule has 1 fully saturated rings. The highest BCUT2D eigenvalue weighted by Crippen LogP contribution is 2.50. The topological polar surface area (TPSA) is 123 Å². The average molecular weight is 795 g/mol. The van der Waals surface area contributed by atoms with E-state index in [1.807, 2.05) is 0 Å². The number of anilines is 1. The van der Waals surface area contributed by atoms with Gasteiger partial charge in [0.25, 0.3) is 0 Å². The molecule has 1 aromatic heterocycles. The van der Waals surface area contributed by atoms with Gasteiger partial charge in [-0.05, 0) is 80.9 Å². The number of nitrogens with zero attached hydrogens (tertiary/aromatic N) is 2. The molecule has 2 rings (SSSR count). The Balaban J connectivity index is 2.97. The molecule has 1 aromatic rings. The number of carbonyl (C=O) groups excluding carboxylic acids is 3. The molecule has 4 atom stereocenters. The number of ether oxygens (including phenoxy) is 4. The average Bonchev–Trinajstić information content (AvgIpc) is 2.99. The van der Waals surface area contributed by atoms with Crippen molar-refractivity contribution < 1.29 is 42.2 Å².